The summed E-state index contributed by atoms with van der Waals surface area (Å²) in [6, 6.07) is 7.66. The first kappa shape index (κ1) is 20.6. The Morgan fingerprint density at radius 3 is 2.54 bits per heavy atom. The Morgan fingerprint density at radius 1 is 1.21 bits per heavy atom. The van der Waals surface area contributed by atoms with Gasteiger partial charge in [-0.15, -0.1) is 24.0 Å². The fourth-order valence-electron chi connectivity index (χ4n) is 2.19. The third kappa shape index (κ3) is 5.88. The normalized spacial score (nSPS) is 12.1. The van der Waals surface area contributed by atoms with Crippen LogP contribution in [0.5, 0.6) is 0 Å². The van der Waals surface area contributed by atoms with Crippen molar-refractivity contribution in [2.75, 3.05) is 13.1 Å². The number of aliphatic imine (C=N–C) groups is 1. The highest BCUT2D eigenvalue weighted by molar-refractivity contribution is 14.0. The van der Waals surface area contributed by atoms with Gasteiger partial charge in [-0.2, -0.15) is 13.2 Å². The monoisotopic (exact) mass is 455 g/mol. The van der Waals surface area contributed by atoms with Gasteiger partial charge in [0.05, 0.1) is 6.42 Å². The number of hydrogen-bond acceptors (Lipinski definition) is 2. The lowest BCUT2D eigenvalue weighted by molar-refractivity contribution is -0.132. The van der Waals surface area contributed by atoms with Gasteiger partial charge in [0.1, 0.15) is 17.9 Å². The predicted octanol–water partition coefficient (Wildman–Crippen LogP) is 4.37. The minimum absolute atomic E-state index is 0. The molecule has 1 aromatic carbocycles. The number of benzene rings is 1. The van der Waals surface area contributed by atoms with Crippen LogP contribution in [0.3, 0.4) is 0 Å². The molecule has 4 nitrogen and oxygen atoms in total. The topological polar surface area (TPSA) is 49.6 Å². The molecule has 0 saturated heterocycles. The molecule has 2 N–H and O–H groups in total. The van der Waals surface area contributed by atoms with Crippen molar-refractivity contribution < 1.29 is 17.6 Å². The van der Waals surface area contributed by atoms with Gasteiger partial charge in [0.2, 0.25) is 0 Å². The summed E-state index contributed by atoms with van der Waals surface area (Å²) < 4.78 is 42.3. The summed E-state index contributed by atoms with van der Waals surface area (Å²) in [6.45, 7) is 4.42. The van der Waals surface area contributed by atoms with Crippen molar-refractivity contribution >= 4 is 40.9 Å². The van der Waals surface area contributed by atoms with E-state index in [9.17, 15) is 13.2 Å². The molecule has 0 atom stereocenters. The quantitative estimate of drug-likeness (QED) is 0.400. The number of rotatable bonds is 5. The molecule has 0 aliphatic rings. The number of para-hydroxylation sites is 1. The molecule has 0 amide bonds. The summed E-state index contributed by atoms with van der Waals surface area (Å²) in [6.07, 6.45) is -5.08. The maximum atomic E-state index is 12.2. The second-order valence-corrected chi connectivity index (χ2v) is 5.13. The van der Waals surface area contributed by atoms with Gasteiger partial charge in [0.15, 0.2) is 5.96 Å². The van der Waals surface area contributed by atoms with Gasteiger partial charge in [-0.3, -0.25) is 0 Å². The summed E-state index contributed by atoms with van der Waals surface area (Å²) in [7, 11) is 0. The lowest BCUT2D eigenvalue weighted by Crippen LogP contribution is -2.38. The van der Waals surface area contributed by atoms with Crippen LogP contribution >= 0.6 is 24.0 Å². The Bertz CT molecular complexity index is 683. The van der Waals surface area contributed by atoms with Crippen LogP contribution in [0.15, 0.2) is 33.7 Å². The number of nitrogens with one attached hydrogen (secondary N) is 2. The van der Waals surface area contributed by atoms with Crippen molar-refractivity contribution in [3.05, 3.63) is 35.6 Å². The molecule has 2 rings (SSSR count). The van der Waals surface area contributed by atoms with Gasteiger partial charge < -0.3 is 15.1 Å². The largest absolute Gasteiger partial charge is 0.459 e. The molecule has 8 heteroatoms. The minimum Gasteiger partial charge on any atom is -0.459 e. The highest BCUT2D eigenvalue weighted by Crippen LogP contribution is 2.25. The van der Waals surface area contributed by atoms with Crippen LogP contribution in [0.25, 0.3) is 11.0 Å². The fraction of sp³-hybridized carbons (Fsp3) is 0.438. The smallest absolute Gasteiger partial charge is 0.390 e. The van der Waals surface area contributed by atoms with Crippen LogP contribution in [-0.2, 0) is 6.54 Å². The van der Waals surface area contributed by atoms with Crippen LogP contribution in [-0.4, -0.2) is 25.2 Å². The molecule has 134 valence electrons. The first-order valence-electron chi connectivity index (χ1n) is 7.46. The number of guanidine groups is 1. The van der Waals surface area contributed by atoms with Gasteiger partial charge in [-0.1, -0.05) is 18.2 Å². The molecule has 1 heterocycles. The minimum atomic E-state index is -4.18. The lowest BCUT2D eigenvalue weighted by Gasteiger charge is -2.12. The summed E-state index contributed by atoms with van der Waals surface area (Å²) >= 11 is 0. The predicted molar refractivity (Wildman–Crippen MR) is 99.9 cm³/mol. The average molecular weight is 455 g/mol. The van der Waals surface area contributed by atoms with E-state index in [1.54, 1.807) is 0 Å². The summed E-state index contributed by atoms with van der Waals surface area (Å²) in [5.74, 6) is 1.05. The first-order valence-corrected chi connectivity index (χ1v) is 7.46. The third-order valence-corrected chi connectivity index (χ3v) is 3.37. The SMILES string of the molecule is CCNC(=NCc1oc2ccccc2c1C)NCCC(F)(F)F.I. The number of halogens is 4. The average Bonchev–Trinajstić information content (AvgIpc) is 2.80. The van der Waals surface area contributed by atoms with Crippen LogP contribution in [0.4, 0.5) is 13.2 Å². The van der Waals surface area contributed by atoms with E-state index >= 15 is 0 Å². The highest BCUT2D eigenvalue weighted by atomic mass is 127. The number of furan rings is 1. The summed E-state index contributed by atoms with van der Waals surface area (Å²) in [5, 5.41) is 6.62. The number of nitrogens with zero attached hydrogens (tertiary/aromatic N) is 1. The molecule has 24 heavy (non-hydrogen) atoms. The second kappa shape index (κ2) is 9.14. The van der Waals surface area contributed by atoms with Crippen molar-refractivity contribution in [3.63, 3.8) is 0 Å². The van der Waals surface area contributed by atoms with Gasteiger partial charge in [-0.25, -0.2) is 4.99 Å². The summed E-state index contributed by atoms with van der Waals surface area (Å²) in [4.78, 5) is 4.29. The van der Waals surface area contributed by atoms with E-state index in [2.05, 4.69) is 15.6 Å². The van der Waals surface area contributed by atoms with Crippen LogP contribution < -0.4 is 10.6 Å². The Kier molecular flexibility index (Phi) is 7.85. The molecule has 0 unspecified atom stereocenters. The molecule has 0 bridgehead atoms. The fourth-order valence-corrected chi connectivity index (χ4v) is 2.19. The number of aryl methyl sites for hydroxylation is 1. The zero-order valence-electron chi connectivity index (χ0n) is 13.5. The van der Waals surface area contributed by atoms with Gasteiger partial charge in [-0.05, 0) is 19.9 Å². The van der Waals surface area contributed by atoms with Crippen molar-refractivity contribution in [1.82, 2.24) is 10.6 Å². The van der Waals surface area contributed by atoms with Gasteiger partial charge >= 0.3 is 6.18 Å². The molecule has 0 aliphatic heterocycles. The van der Waals surface area contributed by atoms with Gasteiger partial charge in [0.25, 0.3) is 0 Å². The number of hydrogen-bond donors (Lipinski definition) is 2. The van der Waals surface area contributed by atoms with Crippen LogP contribution in [0.1, 0.15) is 24.7 Å². The lowest BCUT2D eigenvalue weighted by atomic mass is 10.1. The van der Waals surface area contributed by atoms with E-state index < -0.39 is 12.6 Å². The number of fused-ring (bicyclic) bond motifs is 1. The van der Waals surface area contributed by atoms with Crippen LogP contribution in [0, 0.1) is 6.92 Å². The maximum absolute atomic E-state index is 12.2. The van der Waals surface area contributed by atoms with E-state index in [0.717, 1.165) is 16.5 Å². The Hall–Kier alpha value is -1.45. The molecule has 1 aromatic heterocycles. The van der Waals surface area contributed by atoms with Crippen molar-refractivity contribution in [3.8, 4) is 0 Å². The molecular weight excluding hydrogens is 434 g/mol. The second-order valence-electron chi connectivity index (χ2n) is 5.13. The Balaban J connectivity index is 0.00000288. The summed E-state index contributed by atoms with van der Waals surface area (Å²) in [5.41, 5.74) is 1.78. The Morgan fingerprint density at radius 2 is 1.92 bits per heavy atom. The zero-order chi connectivity index (χ0) is 16.9. The van der Waals surface area contributed by atoms with E-state index in [4.69, 9.17) is 4.42 Å². The molecule has 0 spiro atoms. The first-order chi connectivity index (χ1) is 10.9. The van der Waals surface area contributed by atoms with Crippen molar-refractivity contribution in [2.24, 2.45) is 4.99 Å². The maximum Gasteiger partial charge on any atom is 0.390 e. The van der Waals surface area contributed by atoms with Crippen molar-refractivity contribution in [2.45, 2.75) is 33.0 Å². The Labute approximate surface area is 155 Å². The standard InChI is InChI=1S/C16H20F3N3O.HI/c1-3-20-15(21-9-8-16(17,18)19)22-10-14-11(2)12-6-4-5-7-13(12)23-14;/h4-7H,3,8-10H2,1-2H3,(H2,20,21,22);1H. The molecule has 0 aliphatic carbocycles. The van der Waals surface area contributed by atoms with Crippen molar-refractivity contribution in [1.29, 1.82) is 0 Å². The van der Waals surface area contributed by atoms with E-state index in [0.29, 0.717) is 18.3 Å². The molecule has 0 radical (unpaired) electrons. The van der Waals surface area contributed by atoms with E-state index in [1.165, 1.54) is 0 Å². The molecular formula is C16H21F3IN3O. The van der Waals surface area contributed by atoms with Crippen LogP contribution in [0.2, 0.25) is 0 Å². The zero-order valence-corrected chi connectivity index (χ0v) is 15.9. The van der Waals surface area contributed by atoms with E-state index in [-0.39, 0.29) is 37.1 Å². The highest BCUT2D eigenvalue weighted by Gasteiger charge is 2.26. The number of alkyl halides is 3. The molecule has 0 saturated carbocycles. The molecule has 0 fully saturated rings. The van der Waals surface area contributed by atoms with Gasteiger partial charge in [0, 0.05) is 24.0 Å². The van der Waals surface area contributed by atoms with E-state index in [1.807, 2.05) is 38.1 Å². The third-order valence-electron chi connectivity index (χ3n) is 3.37. The molecule has 2 aromatic rings.